The van der Waals surface area contributed by atoms with E-state index in [1.807, 2.05) is 30.3 Å². The van der Waals surface area contributed by atoms with Crippen molar-refractivity contribution in [2.75, 3.05) is 31.5 Å². The number of piperidine rings is 1. The fourth-order valence-corrected chi connectivity index (χ4v) is 2.77. The summed E-state index contributed by atoms with van der Waals surface area (Å²) in [6.07, 6.45) is 3.77. The maximum atomic E-state index is 5.96. The van der Waals surface area contributed by atoms with Crippen molar-refractivity contribution in [2.45, 2.75) is 33.1 Å². The summed E-state index contributed by atoms with van der Waals surface area (Å²) in [5.74, 6) is 1.99. The highest BCUT2D eigenvalue weighted by molar-refractivity contribution is 5.92. The van der Waals surface area contributed by atoms with E-state index in [1.54, 1.807) is 0 Å². The number of para-hydroxylation sites is 1. The predicted molar refractivity (Wildman–Crippen MR) is 95.2 cm³/mol. The predicted octanol–water partition coefficient (Wildman–Crippen LogP) is 3.17. The van der Waals surface area contributed by atoms with Gasteiger partial charge in [0.25, 0.3) is 0 Å². The van der Waals surface area contributed by atoms with Gasteiger partial charge in [-0.2, -0.15) is 0 Å². The minimum Gasteiger partial charge on any atom is -0.370 e. The molecule has 0 aliphatic carbocycles. The molecular weight excluding hydrogens is 272 g/mol. The van der Waals surface area contributed by atoms with E-state index in [-0.39, 0.29) is 0 Å². The number of hydrogen-bond acceptors (Lipinski definition) is 2. The maximum absolute atomic E-state index is 5.96. The lowest BCUT2D eigenvalue weighted by Crippen LogP contribution is -2.36. The van der Waals surface area contributed by atoms with Crippen LogP contribution in [0.1, 0.15) is 33.1 Å². The fourth-order valence-electron chi connectivity index (χ4n) is 2.77. The van der Waals surface area contributed by atoms with Gasteiger partial charge in [-0.25, -0.2) is 0 Å². The highest BCUT2D eigenvalue weighted by Gasteiger charge is 2.18. The molecule has 1 aromatic carbocycles. The number of nitrogens with two attached hydrogens (primary N) is 1. The van der Waals surface area contributed by atoms with Gasteiger partial charge in [0.2, 0.25) is 0 Å². The zero-order valence-electron chi connectivity index (χ0n) is 14.0. The van der Waals surface area contributed by atoms with Crippen molar-refractivity contribution in [1.29, 1.82) is 0 Å². The van der Waals surface area contributed by atoms with Gasteiger partial charge in [0.05, 0.1) is 0 Å². The molecule has 3 N–H and O–H groups in total. The Labute approximate surface area is 134 Å². The Balaban J connectivity index is 1.68. The van der Waals surface area contributed by atoms with Crippen LogP contribution in [0.3, 0.4) is 0 Å². The SMILES string of the molecule is CC(C)CCN1CCC(CN=C(N)Nc2ccccc2)CC1. The van der Waals surface area contributed by atoms with Crippen molar-refractivity contribution in [1.82, 2.24) is 4.90 Å². The molecule has 0 amide bonds. The number of anilines is 1. The molecule has 1 saturated heterocycles. The number of rotatable bonds is 6. The van der Waals surface area contributed by atoms with Gasteiger partial charge in [0.1, 0.15) is 0 Å². The lowest BCUT2D eigenvalue weighted by molar-refractivity contribution is 0.180. The van der Waals surface area contributed by atoms with E-state index in [0.29, 0.717) is 11.9 Å². The Hall–Kier alpha value is -1.55. The van der Waals surface area contributed by atoms with Crippen molar-refractivity contribution in [3.05, 3.63) is 30.3 Å². The van der Waals surface area contributed by atoms with Crippen LogP contribution in [-0.2, 0) is 0 Å². The zero-order valence-corrected chi connectivity index (χ0v) is 14.0. The van der Waals surface area contributed by atoms with E-state index >= 15 is 0 Å². The number of nitrogens with one attached hydrogen (secondary N) is 1. The summed E-state index contributed by atoms with van der Waals surface area (Å²) < 4.78 is 0. The van der Waals surface area contributed by atoms with Crippen molar-refractivity contribution in [3.8, 4) is 0 Å². The Bertz CT molecular complexity index is 447. The summed E-state index contributed by atoms with van der Waals surface area (Å²) >= 11 is 0. The van der Waals surface area contributed by atoms with Crippen LogP contribution >= 0.6 is 0 Å². The molecule has 0 aromatic heterocycles. The molecule has 122 valence electrons. The average molecular weight is 302 g/mol. The van der Waals surface area contributed by atoms with Crippen LogP contribution in [0.4, 0.5) is 5.69 Å². The summed E-state index contributed by atoms with van der Waals surface area (Å²) in [6.45, 7) is 9.08. The smallest absolute Gasteiger partial charge is 0.193 e. The molecule has 1 aliphatic rings. The van der Waals surface area contributed by atoms with Gasteiger partial charge in [0.15, 0.2) is 5.96 Å². The monoisotopic (exact) mass is 302 g/mol. The molecule has 0 unspecified atom stereocenters. The number of nitrogens with zero attached hydrogens (tertiary/aromatic N) is 2. The first-order valence-electron chi connectivity index (χ1n) is 8.48. The molecule has 0 bridgehead atoms. The maximum Gasteiger partial charge on any atom is 0.193 e. The third-order valence-corrected chi connectivity index (χ3v) is 4.30. The minimum absolute atomic E-state index is 0.522. The molecule has 1 fully saturated rings. The van der Waals surface area contributed by atoms with Crippen LogP contribution in [0.5, 0.6) is 0 Å². The Kier molecular flexibility index (Phi) is 6.72. The number of likely N-dealkylation sites (tertiary alicyclic amines) is 1. The summed E-state index contributed by atoms with van der Waals surface area (Å²) in [4.78, 5) is 7.10. The molecular formula is C18H30N4. The third kappa shape index (κ3) is 6.06. The van der Waals surface area contributed by atoms with Crippen LogP contribution in [0.2, 0.25) is 0 Å². The second-order valence-electron chi connectivity index (χ2n) is 6.68. The number of guanidine groups is 1. The molecule has 2 rings (SSSR count). The Morgan fingerprint density at radius 3 is 2.59 bits per heavy atom. The number of hydrogen-bond donors (Lipinski definition) is 2. The van der Waals surface area contributed by atoms with Crippen LogP contribution < -0.4 is 11.1 Å². The topological polar surface area (TPSA) is 53.6 Å². The van der Waals surface area contributed by atoms with E-state index in [1.165, 1.54) is 38.9 Å². The minimum atomic E-state index is 0.522. The molecule has 1 aliphatic heterocycles. The zero-order chi connectivity index (χ0) is 15.8. The van der Waals surface area contributed by atoms with Gasteiger partial charge in [-0.1, -0.05) is 32.0 Å². The molecule has 4 heteroatoms. The van der Waals surface area contributed by atoms with Crippen LogP contribution in [0.15, 0.2) is 35.3 Å². The van der Waals surface area contributed by atoms with Gasteiger partial charge >= 0.3 is 0 Å². The van der Waals surface area contributed by atoms with E-state index in [2.05, 4.69) is 29.1 Å². The number of benzene rings is 1. The Morgan fingerprint density at radius 2 is 1.95 bits per heavy atom. The lowest BCUT2D eigenvalue weighted by atomic mass is 9.96. The van der Waals surface area contributed by atoms with Crippen LogP contribution in [-0.4, -0.2) is 37.0 Å². The van der Waals surface area contributed by atoms with Crippen LogP contribution in [0.25, 0.3) is 0 Å². The first-order valence-corrected chi connectivity index (χ1v) is 8.48. The highest BCUT2D eigenvalue weighted by Crippen LogP contribution is 2.18. The fraction of sp³-hybridized carbons (Fsp3) is 0.611. The molecule has 1 heterocycles. The molecule has 0 atom stereocenters. The standard InChI is InChI=1S/C18H30N4/c1-15(2)8-11-22-12-9-16(10-13-22)14-20-18(19)21-17-6-4-3-5-7-17/h3-7,15-16H,8-14H2,1-2H3,(H3,19,20,21). The largest absolute Gasteiger partial charge is 0.370 e. The molecule has 0 saturated carbocycles. The molecule has 0 radical (unpaired) electrons. The summed E-state index contributed by atoms with van der Waals surface area (Å²) in [6, 6.07) is 9.96. The average Bonchev–Trinajstić information content (AvgIpc) is 2.53. The van der Waals surface area contributed by atoms with Gasteiger partial charge in [-0.3, -0.25) is 4.99 Å². The van der Waals surface area contributed by atoms with Gasteiger partial charge in [-0.15, -0.1) is 0 Å². The third-order valence-electron chi connectivity index (χ3n) is 4.30. The first-order chi connectivity index (χ1) is 10.6. The second-order valence-corrected chi connectivity index (χ2v) is 6.68. The molecule has 0 spiro atoms. The van der Waals surface area contributed by atoms with Gasteiger partial charge in [-0.05, 0) is 62.9 Å². The summed E-state index contributed by atoms with van der Waals surface area (Å²) in [5.41, 5.74) is 6.95. The van der Waals surface area contributed by atoms with E-state index in [0.717, 1.165) is 18.2 Å². The highest BCUT2D eigenvalue weighted by atomic mass is 15.1. The Morgan fingerprint density at radius 1 is 1.27 bits per heavy atom. The molecule has 4 nitrogen and oxygen atoms in total. The quantitative estimate of drug-likeness (QED) is 0.627. The number of aliphatic imine (C=N–C) groups is 1. The van der Waals surface area contributed by atoms with Crippen molar-refractivity contribution >= 4 is 11.6 Å². The van der Waals surface area contributed by atoms with Gasteiger partial charge in [0, 0.05) is 12.2 Å². The normalized spacial score (nSPS) is 17.9. The van der Waals surface area contributed by atoms with Crippen molar-refractivity contribution in [2.24, 2.45) is 22.6 Å². The van der Waals surface area contributed by atoms with Gasteiger partial charge < -0.3 is 16.0 Å². The van der Waals surface area contributed by atoms with Crippen LogP contribution in [0, 0.1) is 11.8 Å². The summed E-state index contributed by atoms with van der Waals surface area (Å²) in [5, 5.41) is 3.14. The first kappa shape index (κ1) is 16.8. The van der Waals surface area contributed by atoms with E-state index in [4.69, 9.17) is 5.73 Å². The summed E-state index contributed by atoms with van der Waals surface area (Å²) in [7, 11) is 0. The second kappa shape index (κ2) is 8.79. The van der Waals surface area contributed by atoms with Crippen molar-refractivity contribution < 1.29 is 0 Å². The van der Waals surface area contributed by atoms with Crippen molar-refractivity contribution in [3.63, 3.8) is 0 Å². The molecule has 1 aromatic rings. The lowest BCUT2D eigenvalue weighted by Gasteiger charge is -2.31. The van der Waals surface area contributed by atoms with E-state index < -0.39 is 0 Å². The molecule has 22 heavy (non-hydrogen) atoms. The van der Waals surface area contributed by atoms with E-state index in [9.17, 15) is 0 Å².